The first-order chi connectivity index (χ1) is 18.2. The van der Waals surface area contributed by atoms with Crippen molar-refractivity contribution >= 4 is 23.6 Å². The van der Waals surface area contributed by atoms with Crippen molar-refractivity contribution in [3.05, 3.63) is 83.2 Å². The molecular formula is C30H30FN5O2. The molecule has 1 aromatic carbocycles. The van der Waals surface area contributed by atoms with Gasteiger partial charge in [0.05, 0.1) is 11.9 Å². The van der Waals surface area contributed by atoms with E-state index in [1.54, 1.807) is 23.1 Å². The van der Waals surface area contributed by atoms with Gasteiger partial charge in [-0.2, -0.15) is 5.10 Å². The molecule has 0 saturated heterocycles. The van der Waals surface area contributed by atoms with E-state index in [1.165, 1.54) is 12.1 Å². The highest BCUT2D eigenvalue weighted by Crippen LogP contribution is 2.49. The number of carbonyl (C=O) groups excluding carboxylic acids is 2. The Bertz CT molecular complexity index is 1500. The minimum Gasteiger partial charge on any atom is -0.368 e. The third-order valence-corrected chi connectivity index (χ3v) is 7.69. The molecule has 3 heterocycles. The number of primary amides is 1. The molecule has 7 nitrogen and oxygen atoms in total. The largest absolute Gasteiger partial charge is 0.368 e. The van der Waals surface area contributed by atoms with Gasteiger partial charge in [-0.15, -0.1) is 0 Å². The number of halogens is 1. The molecule has 0 spiro atoms. The number of pyridine rings is 1. The van der Waals surface area contributed by atoms with Gasteiger partial charge < -0.3 is 11.1 Å². The summed E-state index contributed by atoms with van der Waals surface area (Å²) in [6.45, 7) is 4.18. The van der Waals surface area contributed by atoms with Crippen LogP contribution in [0.5, 0.6) is 0 Å². The van der Waals surface area contributed by atoms with Gasteiger partial charge in [-0.05, 0) is 60.4 Å². The number of rotatable bonds is 6. The number of hydrogen-bond acceptors (Lipinski definition) is 5. The summed E-state index contributed by atoms with van der Waals surface area (Å²) in [5.41, 5.74) is 10.4. The second-order valence-corrected chi connectivity index (χ2v) is 11.4. The van der Waals surface area contributed by atoms with E-state index in [-0.39, 0.29) is 28.9 Å². The fraction of sp³-hybridized carbons (Fsp3) is 0.333. The Morgan fingerprint density at radius 2 is 2.00 bits per heavy atom. The number of aromatic nitrogens is 3. The summed E-state index contributed by atoms with van der Waals surface area (Å²) in [5.74, 6) is 0.0193. The third kappa shape index (κ3) is 4.44. The van der Waals surface area contributed by atoms with Gasteiger partial charge in [0.25, 0.3) is 0 Å². The molecule has 3 aromatic rings. The van der Waals surface area contributed by atoms with E-state index in [0.717, 1.165) is 52.3 Å². The molecule has 2 unspecified atom stereocenters. The van der Waals surface area contributed by atoms with Crippen LogP contribution in [0.2, 0.25) is 0 Å². The summed E-state index contributed by atoms with van der Waals surface area (Å²) in [6.07, 6.45) is 10.4. The molecule has 38 heavy (non-hydrogen) atoms. The van der Waals surface area contributed by atoms with Crippen LogP contribution in [-0.4, -0.2) is 26.5 Å². The standard InChI is InChI=1S/C30H30FN5O2/c1-30(2)13-24-26(25(37)14-30)22(23-16-34-36(29(23)35-24)27(28(32)38)17-6-7-17)11-10-21-9-8-19(15-33-21)18-4-3-5-20(31)12-18/h3-5,8-12,15-17,22,27,35H,6-7,13-14H2,1-2H3,(H2,32,38). The van der Waals surface area contributed by atoms with Crippen molar-refractivity contribution in [2.45, 2.75) is 51.5 Å². The number of fused-ring (bicyclic) bond motifs is 1. The average Bonchev–Trinajstić information content (AvgIpc) is 3.61. The lowest BCUT2D eigenvalue weighted by atomic mass is 9.71. The van der Waals surface area contributed by atoms with E-state index in [2.05, 4.69) is 29.2 Å². The smallest absolute Gasteiger partial charge is 0.242 e. The van der Waals surface area contributed by atoms with Gasteiger partial charge >= 0.3 is 0 Å². The molecule has 1 saturated carbocycles. The molecule has 2 aliphatic carbocycles. The maximum absolute atomic E-state index is 13.6. The van der Waals surface area contributed by atoms with Crippen molar-refractivity contribution in [2.24, 2.45) is 17.1 Å². The number of anilines is 1. The Morgan fingerprint density at radius 1 is 1.18 bits per heavy atom. The van der Waals surface area contributed by atoms with E-state index in [1.807, 2.05) is 30.4 Å². The number of benzene rings is 1. The Hall–Kier alpha value is -4.07. The molecule has 1 amide bonds. The lowest BCUT2D eigenvalue weighted by Gasteiger charge is -2.38. The number of nitrogens with two attached hydrogens (primary N) is 1. The monoisotopic (exact) mass is 511 g/mol. The summed E-state index contributed by atoms with van der Waals surface area (Å²) in [6, 6.07) is 9.67. The maximum Gasteiger partial charge on any atom is 0.242 e. The summed E-state index contributed by atoms with van der Waals surface area (Å²) in [5, 5.41) is 8.07. The van der Waals surface area contributed by atoms with Crippen LogP contribution in [0.1, 0.15) is 62.7 Å². The zero-order valence-corrected chi connectivity index (χ0v) is 21.4. The number of carbonyl (C=O) groups is 2. The van der Waals surface area contributed by atoms with E-state index in [9.17, 15) is 14.0 Å². The van der Waals surface area contributed by atoms with Crippen LogP contribution < -0.4 is 11.1 Å². The Morgan fingerprint density at radius 3 is 2.68 bits per heavy atom. The second kappa shape index (κ2) is 9.04. The van der Waals surface area contributed by atoms with Gasteiger partial charge in [0, 0.05) is 40.9 Å². The van der Waals surface area contributed by atoms with Crippen molar-refractivity contribution in [3.63, 3.8) is 0 Å². The average molecular weight is 512 g/mol. The first kappa shape index (κ1) is 24.3. The summed E-state index contributed by atoms with van der Waals surface area (Å²) < 4.78 is 15.4. The SMILES string of the molecule is CC1(C)CC(=O)C2=C(C1)Nc1c(cnn1C(C(N)=O)C1CC1)C2C=Cc1ccc(-c2cccc(F)c2)cn1. The van der Waals surface area contributed by atoms with Crippen LogP contribution in [0.3, 0.4) is 0 Å². The quantitative estimate of drug-likeness (QED) is 0.462. The number of hydrogen-bond donors (Lipinski definition) is 2. The van der Waals surface area contributed by atoms with Crippen molar-refractivity contribution in [2.75, 3.05) is 5.32 Å². The molecule has 8 heteroatoms. The van der Waals surface area contributed by atoms with Gasteiger partial charge in [0.2, 0.25) is 5.91 Å². The van der Waals surface area contributed by atoms with Crippen LogP contribution >= 0.6 is 0 Å². The zero-order valence-electron chi connectivity index (χ0n) is 21.4. The molecule has 0 radical (unpaired) electrons. The number of nitrogens with zero attached hydrogens (tertiary/aromatic N) is 3. The Balaban J connectivity index is 1.37. The lowest BCUT2D eigenvalue weighted by molar-refractivity contribution is -0.122. The maximum atomic E-state index is 13.6. The third-order valence-electron chi connectivity index (χ3n) is 7.69. The minimum atomic E-state index is -0.512. The van der Waals surface area contributed by atoms with Crippen LogP contribution in [-0.2, 0) is 9.59 Å². The first-order valence-electron chi connectivity index (χ1n) is 13.0. The van der Waals surface area contributed by atoms with Crippen LogP contribution in [0, 0.1) is 17.2 Å². The minimum absolute atomic E-state index is 0.111. The lowest BCUT2D eigenvalue weighted by Crippen LogP contribution is -2.35. The number of Topliss-reactive ketones (excluding diaryl/α,β-unsaturated/α-hetero) is 1. The number of allylic oxidation sites excluding steroid dienone is 3. The van der Waals surface area contributed by atoms with Gasteiger partial charge in [-0.1, -0.05) is 38.1 Å². The number of nitrogens with one attached hydrogen (secondary N) is 1. The van der Waals surface area contributed by atoms with Crippen molar-refractivity contribution in [1.29, 1.82) is 0 Å². The van der Waals surface area contributed by atoms with E-state index < -0.39 is 11.9 Å². The summed E-state index contributed by atoms with van der Waals surface area (Å²) in [4.78, 5) is 30.3. The topological polar surface area (TPSA) is 103 Å². The highest BCUT2D eigenvalue weighted by Gasteiger charge is 2.43. The first-order valence-corrected chi connectivity index (χ1v) is 13.0. The van der Waals surface area contributed by atoms with Crippen LogP contribution in [0.4, 0.5) is 10.2 Å². The summed E-state index contributed by atoms with van der Waals surface area (Å²) in [7, 11) is 0. The highest BCUT2D eigenvalue weighted by atomic mass is 19.1. The van der Waals surface area contributed by atoms with Gasteiger partial charge in [-0.3, -0.25) is 14.6 Å². The molecule has 3 aliphatic rings. The van der Waals surface area contributed by atoms with Gasteiger partial charge in [-0.25, -0.2) is 9.07 Å². The molecule has 2 atom stereocenters. The fourth-order valence-corrected chi connectivity index (χ4v) is 5.75. The molecule has 6 rings (SSSR count). The predicted octanol–water partition coefficient (Wildman–Crippen LogP) is 5.39. The molecule has 0 bridgehead atoms. The van der Waals surface area contributed by atoms with E-state index in [0.29, 0.717) is 12.8 Å². The second-order valence-electron chi connectivity index (χ2n) is 11.4. The number of amides is 1. The van der Waals surface area contributed by atoms with Crippen molar-refractivity contribution < 1.29 is 14.0 Å². The van der Waals surface area contributed by atoms with Gasteiger partial charge in [0.1, 0.15) is 17.7 Å². The molecule has 3 N–H and O–H groups in total. The molecular weight excluding hydrogens is 481 g/mol. The van der Waals surface area contributed by atoms with E-state index in [4.69, 9.17) is 5.73 Å². The van der Waals surface area contributed by atoms with Gasteiger partial charge in [0.15, 0.2) is 5.78 Å². The Labute approximate surface area is 220 Å². The molecule has 2 aromatic heterocycles. The number of ketones is 1. The van der Waals surface area contributed by atoms with Crippen LogP contribution in [0.15, 0.2) is 66.1 Å². The molecule has 194 valence electrons. The predicted molar refractivity (Wildman–Crippen MR) is 143 cm³/mol. The fourth-order valence-electron chi connectivity index (χ4n) is 5.75. The van der Waals surface area contributed by atoms with E-state index >= 15 is 0 Å². The normalized spacial score (nSPS) is 21.1. The highest BCUT2D eigenvalue weighted by molar-refractivity contribution is 6.01. The molecule has 1 fully saturated rings. The Kier molecular flexibility index (Phi) is 5.78. The summed E-state index contributed by atoms with van der Waals surface area (Å²) >= 11 is 0. The van der Waals surface area contributed by atoms with Crippen LogP contribution in [0.25, 0.3) is 17.2 Å². The van der Waals surface area contributed by atoms with Crippen molar-refractivity contribution in [1.82, 2.24) is 14.8 Å². The van der Waals surface area contributed by atoms with Crippen molar-refractivity contribution in [3.8, 4) is 11.1 Å². The molecule has 1 aliphatic heterocycles. The zero-order chi connectivity index (χ0) is 26.6.